The molecule has 0 saturated heterocycles. The molecule has 2 aromatic rings. The van der Waals surface area contributed by atoms with Gasteiger partial charge in [-0.2, -0.15) is 0 Å². The van der Waals surface area contributed by atoms with Gasteiger partial charge in [-0.1, -0.05) is 85.9 Å². The number of hydrogen-bond acceptors (Lipinski definition) is 2. The molecular formula is C26H40NO2PS. The van der Waals surface area contributed by atoms with Crippen molar-refractivity contribution in [2.75, 3.05) is 7.11 Å². The third kappa shape index (κ3) is 6.63. The highest BCUT2D eigenvalue weighted by atomic mass is 32.2. The Morgan fingerprint density at radius 2 is 1.35 bits per heavy atom. The zero-order chi connectivity index (χ0) is 23.6. The topological polar surface area (TPSA) is 38.3 Å². The molecule has 0 saturated carbocycles. The number of ether oxygens (including phenoxy) is 1. The van der Waals surface area contributed by atoms with Crippen LogP contribution in [0.15, 0.2) is 48.5 Å². The van der Waals surface area contributed by atoms with E-state index in [1.54, 1.807) is 7.11 Å². The van der Waals surface area contributed by atoms with Gasteiger partial charge in [-0.25, -0.2) is 8.93 Å². The maximum absolute atomic E-state index is 13.2. The van der Waals surface area contributed by atoms with Crippen molar-refractivity contribution in [1.29, 1.82) is 0 Å². The van der Waals surface area contributed by atoms with Crippen LogP contribution in [0, 0.1) is 0 Å². The van der Waals surface area contributed by atoms with E-state index in [-0.39, 0.29) is 21.1 Å². The molecule has 0 spiro atoms. The van der Waals surface area contributed by atoms with Gasteiger partial charge in [0.25, 0.3) is 0 Å². The largest absolute Gasteiger partial charge is 0.497 e. The van der Waals surface area contributed by atoms with Crippen molar-refractivity contribution >= 4 is 24.2 Å². The van der Waals surface area contributed by atoms with Crippen LogP contribution in [0.2, 0.25) is 0 Å². The van der Waals surface area contributed by atoms with E-state index in [0.717, 1.165) is 11.3 Å². The Labute approximate surface area is 193 Å². The van der Waals surface area contributed by atoms with Crippen LogP contribution in [-0.2, 0) is 11.0 Å². The average molecular weight is 462 g/mol. The van der Waals surface area contributed by atoms with Crippen LogP contribution >= 0.6 is 7.92 Å². The average Bonchev–Trinajstić information content (AvgIpc) is 2.63. The normalized spacial score (nSPS) is 15.1. The summed E-state index contributed by atoms with van der Waals surface area (Å²) < 4.78 is 21.7. The Morgan fingerprint density at radius 3 is 1.81 bits per heavy atom. The molecule has 2 aromatic carbocycles. The highest BCUT2D eigenvalue weighted by molar-refractivity contribution is 7.84. The maximum Gasteiger partial charge on any atom is 0.118 e. The summed E-state index contributed by atoms with van der Waals surface area (Å²) in [6.45, 7) is 20.0. The molecule has 0 aliphatic rings. The lowest BCUT2D eigenvalue weighted by molar-refractivity contribution is 0.414. The zero-order valence-electron chi connectivity index (χ0n) is 20.9. The molecular weight excluding hydrogens is 421 g/mol. The molecule has 3 nitrogen and oxygen atoms in total. The van der Waals surface area contributed by atoms with Crippen LogP contribution in [0.3, 0.4) is 0 Å². The van der Waals surface area contributed by atoms with E-state index in [2.05, 4.69) is 82.7 Å². The van der Waals surface area contributed by atoms with Crippen molar-refractivity contribution < 1.29 is 8.95 Å². The molecule has 172 valence electrons. The predicted molar refractivity (Wildman–Crippen MR) is 138 cm³/mol. The Balaban J connectivity index is 2.70. The summed E-state index contributed by atoms with van der Waals surface area (Å²) in [6.07, 6.45) is 0. The van der Waals surface area contributed by atoms with Gasteiger partial charge < -0.3 is 4.74 Å². The van der Waals surface area contributed by atoms with Crippen molar-refractivity contribution in [1.82, 2.24) is 4.72 Å². The van der Waals surface area contributed by atoms with E-state index < -0.39 is 18.9 Å². The SMILES string of the molecule is COc1ccc(C(NS(=O)C(C)(C)C)c2ccccc2P(C(C)(C)C)C(C)(C)C)cc1. The summed E-state index contributed by atoms with van der Waals surface area (Å²) in [5.74, 6) is 0.819. The fraction of sp³-hybridized carbons (Fsp3) is 0.538. The monoisotopic (exact) mass is 461 g/mol. The zero-order valence-corrected chi connectivity index (χ0v) is 22.6. The van der Waals surface area contributed by atoms with Gasteiger partial charge >= 0.3 is 0 Å². The molecule has 0 aromatic heterocycles. The molecule has 0 aliphatic heterocycles. The first-order valence-electron chi connectivity index (χ1n) is 10.9. The Morgan fingerprint density at radius 1 is 0.839 bits per heavy atom. The summed E-state index contributed by atoms with van der Waals surface area (Å²) in [5, 5.41) is 1.64. The van der Waals surface area contributed by atoms with Gasteiger partial charge in [0.2, 0.25) is 0 Å². The lowest BCUT2D eigenvalue weighted by Gasteiger charge is -2.43. The van der Waals surface area contributed by atoms with Gasteiger partial charge in [0.1, 0.15) is 5.75 Å². The Bertz CT molecular complexity index is 875. The molecule has 0 amide bonds. The first-order chi connectivity index (χ1) is 14.2. The number of rotatable bonds is 6. The van der Waals surface area contributed by atoms with Crippen LogP contribution in [0.25, 0.3) is 0 Å². The first-order valence-corrected chi connectivity index (χ1v) is 13.4. The van der Waals surface area contributed by atoms with E-state index in [4.69, 9.17) is 4.74 Å². The molecule has 2 rings (SSSR count). The predicted octanol–water partition coefficient (Wildman–Crippen LogP) is 6.54. The maximum atomic E-state index is 13.2. The summed E-state index contributed by atoms with van der Waals surface area (Å²) in [6, 6.07) is 16.6. The third-order valence-corrected chi connectivity index (χ3v) is 10.2. The quantitative estimate of drug-likeness (QED) is 0.496. The third-order valence-electron chi connectivity index (χ3n) is 5.06. The van der Waals surface area contributed by atoms with Crippen molar-refractivity contribution in [2.45, 2.75) is 83.4 Å². The second-order valence-electron chi connectivity index (χ2n) is 10.9. The highest BCUT2D eigenvalue weighted by Gasteiger charge is 2.38. The number of methoxy groups -OCH3 is 1. The van der Waals surface area contributed by atoms with Crippen LogP contribution in [0.1, 0.15) is 79.5 Å². The molecule has 2 atom stereocenters. The van der Waals surface area contributed by atoms with Gasteiger partial charge in [-0.15, -0.1) is 0 Å². The van der Waals surface area contributed by atoms with Gasteiger partial charge in [-0.3, -0.25) is 0 Å². The minimum atomic E-state index is -1.21. The van der Waals surface area contributed by atoms with Crippen LogP contribution in [0.4, 0.5) is 0 Å². The number of nitrogens with one attached hydrogen (secondary N) is 1. The lowest BCUT2D eigenvalue weighted by Crippen LogP contribution is -2.39. The molecule has 0 radical (unpaired) electrons. The summed E-state index contributed by atoms with van der Waals surface area (Å²) in [5.41, 5.74) is 2.30. The molecule has 0 fully saturated rings. The van der Waals surface area contributed by atoms with Crippen LogP contribution < -0.4 is 14.8 Å². The molecule has 31 heavy (non-hydrogen) atoms. The van der Waals surface area contributed by atoms with Gasteiger partial charge in [0, 0.05) is 0 Å². The van der Waals surface area contributed by atoms with Gasteiger partial charge in [-0.05, 0) is 59.6 Å². The van der Waals surface area contributed by atoms with Crippen molar-refractivity contribution in [3.63, 3.8) is 0 Å². The highest BCUT2D eigenvalue weighted by Crippen LogP contribution is 2.59. The minimum Gasteiger partial charge on any atom is -0.497 e. The Hall–Kier alpha value is -1.22. The van der Waals surface area contributed by atoms with E-state index >= 15 is 0 Å². The van der Waals surface area contributed by atoms with Crippen molar-refractivity contribution in [3.8, 4) is 5.75 Å². The Kier molecular flexibility index (Phi) is 8.17. The molecule has 2 unspecified atom stereocenters. The van der Waals surface area contributed by atoms with E-state index in [9.17, 15) is 4.21 Å². The van der Waals surface area contributed by atoms with Crippen molar-refractivity contribution in [3.05, 3.63) is 59.7 Å². The second kappa shape index (κ2) is 9.73. The van der Waals surface area contributed by atoms with Crippen LogP contribution in [0.5, 0.6) is 5.75 Å². The van der Waals surface area contributed by atoms with E-state index in [0.29, 0.717) is 0 Å². The fourth-order valence-corrected chi connectivity index (χ4v) is 9.04. The summed E-state index contributed by atoms with van der Waals surface area (Å²) in [7, 11) is -0.0457. The van der Waals surface area contributed by atoms with Gasteiger partial charge in [0.15, 0.2) is 0 Å². The lowest BCUT2D eigenvalue weighted by atomic mass is 9.99. The first kappa shape index (κ1) is 26.0. The second-order valence-corrected chi connectivity index (χ2v) is 16.8. The molecule has 0 aliphatic carbocycles. The van der Waals surface area contributed by atoms with Crippen LogP contribution in [-0.4, -0.2) is 26.4 Å². The van der Waals surface area contributed by atoms with Crippen molar-refractivity contribution in [2.24, 2.45) is 0 Å². The minimum absolute atomic E-state index is 0.136. The summed E-state index contributed by atoms with van der Waals surface area (Å²) in [4.78, 5) is 0. The standard InChI is InChI=1S/C26H40NO2PS/c1-24(2,3)30(25(4,5)6)22-14-12-11-13-21(22)23(27-31(28)26(7,8)9)19-15-17-20(29-10)18-16-19/h11-18,23,27H,1-10H3. The smallest absolute Gasteiger partial charge is 0.118 e. The molecule has 0 bridgehead atoms. The number of hydrogen-bond donors (Lipinski definition) is 1. The molecule has 5 heteroatoms. The molecule has 0 heterocycles. The van der Waals surface area contributed by atoms with Gasteiger partial charge in [0.05, 0.1) is 28.9 Å². The van der Waals surface area contributed by atoms with E-state index in [1.807, 2.05) is 32.9 Å². The number of benzene rings is 2. The fourth-order valence-electron chi connectivity index (χ4n) is 4.06. The summed E-state index contributed by atoms with van der Waals surface area (Å²) >= 11 is 0. The molecule has 1 N–H and O–H groups in total. The van der Waals surface area contributed by atoms with E-state index in [1.165, 1.54) is 10.9 Å².